The van der Waals surface area contributed by atoms with Crippen molar-refractivity contribution >= 4 is 0 Å². The van der Waals surface area contributed by atoms with Gasteiger partial charge < -0.3 is 4.90 Å². The standard InChI is InChI=1S/C17H24N10/c1-25-8-6-13(7-9-25)27-16(20-15(22-27)12-4-2-3-5-12)14-10-18-21-17(14)26-11-19-23-24-26/h10-13H,2-9H2,1H3,(H,18,21). The van der Waals surface area contributed by atoms with E-state index in [-0.39, 0.29) is 0 Å². The molecule has 10 nitrogen and oxygen atoms in total. The number of piperidine rings is 1. The van der Waals surface area contributed by atoms with Crippen LogP contribution >= 0.6 is 0 Å². The van der Waals surface area contributed by atoms with Crippen LogP contribution in [0.3, 0.4) is 0 Å². The van der Waals surface area contributed by atoms with E-state index in [1.54, 1.807) is 17.2 Å². The molecular weight excluding hydrogens is 344 g/mol. The summed E-state index contributed by atoms with van der Waals surface area (Å²) in [6.07, 6.45) is 10.4. The topological polar surface area (TPSA) is 106 Å². The van der Waals surface area contributed by atoms with Crippen molar-refractivity contribution in [1.29, 1.82) is 0 Å². The Bertz CT molecular complexity index is 881. The summed E-state index contributed by atoms with van der Waals surface area (Å²) in [6.45, 7) is 2.15. The van der Waals surface area contributed by atoms with E-state index >= 15 is 0 Å². The number of nitrogens with zero attached hydrogens (tertiary/aromatic N) is 9. The number of tetrazole rings is 1. The Morgan fingerprint density at radius 3 is 2.67 bits per heavy atom. The quantitative estimate of drug-likeness (QED) is 0.745. The lowest BCUT2D eigenvalue weighted by atomic mass is 10.1. The first-order chi connectivity index (χ1) is 13.3. The van der Waals surface area contributed by atoms with Gasteiger partial charge in [0.1, 0.15) is 6.33 Å². The number of aromatic nitrogens is 9. The summed E-state index contributed by atoms with van der Waals surface area (Å²) in [5, 5.41) is 23.7. The molecule has 3 aromatic heterocycles. The van der Waals surface area contributed by atoms with Crippen LogP contribution in [0.25, 0.3) is 17.2 Å². The molecule has 5 rings (SSSR count). The number of H-pyrrole nitrogens is 1. The van der Waals surface area contributed by atoms with Gasteiger partial charge in [-0.2, -0.15) is 14.9 Å². The molecule has 1 aliphatic heterocycles. The Kier molecular flexibility index (Phi) is 4.19. The molecule has 10 heteroatoms. The average Bonchev–Trinajstić information content (AvgIpc) is 3.48. The van der Waals surface area contributed by atoms with Crippen molar-refractivity contribution in [2.45, 2.75) is 50.5 Å². The predicted octanol–water partition coefficient (Wildman–Crippen LogP) is 1.57. The molecule has 27 heavy (non-hydrogen) atoms. The molecule has 3 aromatic rings. The fourth-order valence-electron chi connectivity index (χ4n) is 4.26. The van der Waals surface area contributed by atoms with Crippen molar-refractivity contribution < 1.29 is 0 Å². The minimum absolute atomic E-state index is 0.357. The van der Waals surface area contributed by atoms with Crippen molar-refractivity contribution in [3.8, 4) is 17.2 Å². The Morgan fingerprint density at radius 1 is 1.11 bits per heavy atom. The minimum Gasteiger partial charge on any atom is -0.306 e. The van der Waals surface area contributed by atoms with E-state index in [4.69, 9.17) is 10.1 Å². The first-order valence-corrected chi connectivity index (χ1v) is 9.71. The van der Waals surface area contributed by atoms with E-state index in [2.05, 4.69) is 42.4 Å². The van der Waals surface area contributed by atoms with Gasteiger partial charge in [0, 0.05) is 5.92 Å². The zero-order valence-electron chi connectivity index (χ0n) is 15.5. The molecule has 1 saturated carbocycles. The van der Waals surface area contributed by atoms with Crippen LogP contribution < -0.4 is 0 Å². The average molecular weight is 368 g/mol. The van der Waals surface area contributed by atoms with Crippen LogP contribution in [0.5, 0.6) is 0 Å². The second-order valence-electron chi connectivity index (χ2n) is 7.64. The van der Waals surface area contributed by atoms with E-state index in [1.165, 1.54) is 25.7 Å². The summed E-state index contributed by atoms with van der Waals surface area (Å²) in [4.78, 5) is 7.37. The molecule has 0 aromatic carbocycles. The van der Waals surface area contributed by atoms with Crippen molar-refractivity contribution in [3.63, 3.8) is 0 Å². The van der Waals surface area contributed by atoms with Crippen LogP contribution in [0, 0.1) is 0 Å². The lowest BCUT2D eigenvalue weighted by Gasteiger charge is -2.29. The molecule has 1 saturated heterocycles. The summed E-state index contributed by atoms with van der Waals surface area (Å²) in [5.74, 6) is 3.04. The van der Waals surface area contributed by atoms with Gasteiger partial charge in [-0.15, -0.1) is 5.10 Å². The lowest BCUT2D eigenvalue weighted by Crippen LogP contribution is -2.32. The molecule has 0 bridgehead atoms. The number of likely N-dealkylation sites (tertiary alicyclic amines) is 1. The van der Waals surface area contributed by atoms with Crippen molar-refractivity contribution in [2.75, 3.05) is 20.1 Å². The largest absolute Gasteiger partial charge is 0.306 e. The lowest BCUT2D eigenvalue weighted by molar-refractivity contribution is 0.213. The number of aromatic amines is 1. The molecule has 4 heterocycles. The minimum atomic E-state index is 0.357. The Hall–Kier alpha value is -2.62. The molecule has 1 N–H and O–H groups in total. The maximum absolute atomic E-state index is 5.00. The number of nitrogens with one attached hydrogen (secondary N) is 1. The second-order valence-corrected chi connectivity index (χ2v) is 7.64. The van der Waals surface area contributed by atoms with E-state index < -0.39 is 0 Å². The van der Waals surface area contributed by atoms with Gasteiger partial charge in [-0.1, -0.05) is 12.8 Å². The third kappa shape index (κ3) is 3.03. The van der Waals surface area contributed by atoms with Crippen molar-refractivity contribution in [3.05, 3.63) is 18.3 Å². The summed E-state index contributed by atoms with van der Waals surface area (Å²) in [6, 6.07) is 0.357. The molecule has 142 valence electrons. The smallest absolute Gasteiger partial charge is 0.164 e. The van der Waals surface area contributed by atoms with E-state index in [1.807, 2.05) is 0 Å². The predicted molar refractivity (Wildman–Crippen MR) is 97.3 cm³/mol. The molecule has 0 atom stereocenters. The number of hydrogen-bond acceptors (Lipinski definition) is 7. The normalized spacial score (nSPS) is 19.9. The van der Waals surface area contributed by atoms with E-state index in [0.717, 1.165) is 49.0 Å². The fraction of sp³-hybridized carbons (Fsp3) is 0.647. The van der Waals surface area contributed by atoms with Gasteiger partial charge in [0.05, 0.1) is 17.8 Å². The summed E-state index contributed by atoms with van der Waals surface area (Å²) in [7, 11) is 2.17. The van der Waals surface area contributed by atoms with Crippen molar-refractivity contribution in [2.24, 2.45) is 0 Å². The Morgan fingerprint density at radius 2 is 1.93 bits per heavy atom. The van der Waals surface area contributed by atoms with Crippen LogP contribution in [-0.2, 0) is 0 Å². The highest BCUT2D eigenvalue weighted by Gasteiger charge is 2.29. The zero-order valence-corrected chi connectivity index (χ0v) is 15.5. The van der Waals surface area contributed by atoms with Gasteiger partial charge in [-0.3, -0.25) is 5.10 Å². The third-order valence-electron chi connectivity index (χ3n) is 5.84. The second kappa shape index (κ2) is 6.84. The van der Waals surface area contributed by atoms with Crippen molar-refractivity contribution in [1.82, 2.24) is 50.1 Å². The molecule has 0 spiro atoms. The Labute approximate surface area is 157 Å². The molecule has 0 radical (unpaired) electrons. The van der Waals surface area contributed by atoms with E-state index in [9.17, 15) is 0 Å². The summed E-state index contributed by atoms with van der Waals surface area (Å²) >= 11 is 0. The van der Waals surface area contributed by atoms with Gasteiger partial charge >= 0.3 is 0 Å². The maximum atomic E-state index is 5.00. The fourth-order valence-corrected chi connectivity index (χ4v) is 4.26. The first-order valence-electron chi connectivity index (χ1n) is 9.71. The first kappa shape index (κ1) is 16.5. The highest BCUT2D eigenvalue weighted by atomic mass is 15.5. The van der Waals surface area contributed by atoms with Crippen LogP contribution in [0.2, 0.25) is 0 Å². The molecular formula is C17H24N10. The van der Waals surface area contributed by atoms with Gasteiger partial charge in [-0.25, -0.2) is 9.67 Å². The zero-order chi connectivity index (χ0) is 18.2. The molecule has 0 unspecified atom stereocenters. The number of hydrogen-bond donors (Lipinski definition) is 1. The number of rotatable bonds is 4. The third-order valence-corrected chi connectivity index (χ3v) is 5.84. The van der Waals surface area contributed by atoms with Crippen LogP contribution in [0.15, 0.2) is 12.5 Å². The molecule has 1 aliphatic carbocycles. The van der Waals surface area contributed by atoms with Gasteiger partial charge in [0.15, 0.2) is 17.5 Å². The SMILES string of the molecule is CN1CCC(n2nc(C3CCCC3)nc2-c2cn[nH]c2-n2cnnn2)CC1. The molecule has 2 aliphatic rings. The maximum Gasteiger partial charge on any atom is 0.164 e. The van der Waals surface area contributed by atoms with Crippen LogP contribution in [-0.4, -0.2) is 70.2 Å². The highest BCUT2D eigenvalue weighted by Crippen LogP contribution is 2.36. The van der Waals surface area contributed by atoms with Gasteiger partial charge in [0.25, 0.3) is 0 Å². The van der Waals surface area contributed by atoms with Crippen LogP contribution in [0.4, 0.5) is 0 Å². The van der Waals surface area contributed by atoms with Crippen LogP contribution in [0.1, 0.15) is 56.3 Å². The monoisotopic (exact) mass is 368 g/mol. The van der Waals surface area contributed by atoms with E-state index in [0.29, 0.717) is 12.0 Å². The highest BCUT2D eigenvalue weighted by molar-refractivity contribution is 5.63. The summed E-state index contributed by atoms with van der Waals surface area (Å²) in [5.41, 5.74) is 0.887. The van der Waals surface area contributed by atoms with Gasteiger partial charge in [0.2, 0.25) is 0 Å². The van der Waals surface area contributed by atoms with Gasteiger partial charge in [-0.05, 0) is 56.2 Å². The Balaban J connectivity index is 1.57. The molecule has 0 amide bonds. The summed E-state index contributed by atoms with van der Waals surface area (Å²) < 4.78 is 3.73. The molecule has 2 fully saturated rings.